The maximum atomic E-state index is 11.1. The molecule has 21 heavy (non-hydrogen) atoms. The molecule has 0 atom stereocenters. The number of alkyl halides is 1. The minimum absolute atomic E-state index is 0.0394. The van der Waals surface area contributed by atoms with E-state index in [1.165, 1.54) is 6.07 Å². The van der Waals surface area contributed by atoms with Crippen LogP contribution in [-0.4, -0.2) is 4.92 Å². The van der Waals surface area contributed by atoms with Crippen LogP contribution in [0.2, 0.25) is 0 Å². The van der Waals surface area contributed by atoms with E-state index < -0.39 is 4.92 Å². The summed E-state index contributed by atoms with van der Waals surface area (Å²) in [5.41, 5.74) is 1.68. The molecule has 0 radical (unpaired) electrons. The Morgan fingerprint density at radius 3 is 2.52 bits per heavy atom. The molecule has 110 valence electrons. The second-order valence-electron chi connectivity index (χ2n) is 4.22. The van der Waals surface area contributed by atoms with Crippen LogP contribution in [0.25, 0.3) is 0 Å². The number of benzene rings is 2. The number of ether oxygens (including phenoxy) is 1. The molecular formula is C14H10Br3NO3. The summed E-state index contributed by atoms with van der Waals surface area (Å²) in [5, 5.41) is 11.8. The zero-order chi connectivity index (χ0) is 15.4. The van der Waals surface area contributed by atoms with Crippen LogP contribution < -0.4 is 4.74 Å². The van der Waals surface area contributed by atoms with Gasteiger partial charge in [-0.25, -0.2) is 0 Å². The Balaban J connectivity index is 2.18. The van der Waals surface area contributed by atoms with Crippen LogP contribution in [-0.2, 0) is 11.9 Å². The summed E-state index contributed by atoms with van der Waals surface area (Å²) in [7, 11) is 0. The number of rotatable bonds is 5. The van der Waals surface area contributed by atoms with Crippen molar-refractivity contribution >= 4 is 53.5 Å². The number of nitrogens with zero attached hydrogens (tertiary/aromatic N) is 1. The van der Waals surface area contributed by atoms with E-state index in [9.17, 15) is 10.1 Å². The molecule has 0 amide bonds. The van der Waals surface area contributed by atoms with Crippen molar-refractivity contribution < 1.29 is 9.66 Å². The fraction of sp³-hybridized carbons (Fsp3) is 0.143. The van der Waals surface area contributed by atoms with Gasteiger partial charge in [-0.15, -0.1) is 0 Å². The molecule has 0 spiro atoms. The van der Waals surface area contributed by atoms with Crippen molar-refractivity contribution in [2.45, 2.75) is 11.9 Å². The topological polar surface area (TPSA) is 52.4 Å². The van der Waals surface area contributed by atoms with Crippen LogP contribution >= 0.6 is 47.8 Å². The molecule has 0 unspecified atom stereocenters. The smallest absolute Gasteiger partial charge is 0.277 e. The van der Waals surface area contributed by atoms with E-state index in [4.69, 9.17) is 4.74 Å². The number of nitro benzene ring substituents is 1. The molecule has 0 saturated carbocycles. The lowest BCUT2D eigenvalue weighted by Crippen LogP contribution is -2.01. The number of nitro groups is 1. The predicted molar refractivity (Wildman–Crippen MR) is 91.9 cm³/mol. The Hall–Kier alpha value is -0.920. The van der Waals surface area contributed by atoms with Gasteiger partial charge in [-0.2, -0.15) is 0 Å². The standard InChI is InChI=1S/C14H10Br3NO3/c15-7-9-1-4-14(12(17)5-9)21-8-10-2-3-11(16)6-13(10)18(19)20/h1-6H,7-8H2. The predicted octanol–water partition coefficient (Wildman–Crippen LogP) is 5.59. The van der Waals surface area contributed by atoms with E-state index in [1.54, 1.807) is 12.1 Å². The summed E-state index contributed by atoms with van der Waals surface area (Å²) < 4.78 is 7.16. The summed E-state index contributed by atoms with van der Waals surface area (Å²) in [6.07, 6.45) is 0. The van der Waals surface area contributed by atoms with Crippen molar-refractivity contribution in [3.63, 3.8) is 0 Å². The second-order valence-corrected chi connectivity index (χ2v) is 6.55. The minimum atomic E-state index is -0.410. The van der Waals surface area contributed by atoms with E-state index in [1.807, 2.05) is 18.2 Å². The van der Waals surface area contributed by atoms with Crippen LogP contribution in [0.3, 0.4) is 0 Å². The SMILES string of the molecule is O=[N+]([O-])c1cc(Br)ccc1COc1ccc(CBr)cc1Br. The zero-order valence-electron chi connectivity index (χ0n) is 10.7. The maximum absolute atomic E-state index is 11.1. The van der Waals surface area contributed by atoms with Gasteiger partial charge in [0.05, 0.1) is 15.0 Å². The summed E-state index contributed by atoms with van der Waals surface area (Å²) in [4.78, 5) is 10.6. The first-order valence-corrected chi connectivity index (χ1v) is 8.62. The van der Waals surface area contributed by atoms with E-state index >= 15 is 0 Å². The summed E-state index contributed by atoms with van der Waals surface area (Å²) >= 11 is 10.0. The van der Waals surface area contributed by atoms with Crippen LogP contribution in [0.1, 0.15) is 11.1 Å². The molecule has 2 aromatic carbocycles. The van der Waals surface area contributed by atoms with E-state index in [0.29, 0.717) is 15.8 Å². The summed E-state index contributed by atoms with van der Waals surface area (Å²) in [5.74, 6) is 0.650. The zero-order valence-corrected chi connectivity index (χ0v) is 15.4. The van der Waals surface area contributed by atoms with Crippen molar-refractivity contribution in [3.8, 4) is 5.75 Å². The van der Waals surface area contributed by atoms with Gasteiger partial charge in [0.1, 0.15) is 12.4 Å². The first-order valence-electron chi connectivity index (χ1n) is 5.91. The molecule has 0 aromatic heterocycles. The number of hydrogen-bond donors (Lipinski definition) is 0. The van der Waals surface area contributed by atoms with E-state index in [0.717, 1.165) is 15.4 Å². The van der Waals surface area contributed by atoms with Gasteiger partial charge in [0.25, 0.3) is 5.69 Å². The van der Waals surface area contributed by atoms with Gasteiger partial charge in [0.15, 0.2) is 0 Å². The Morgan fingerprint density at radius 2 is 1.90 bits per heavy atom. The molecule has 2 aromatic rings. The molecule has 2 rings (SSSR count). The van der Waals surface area contributed by atoms with Crippen molar-refractivity contribution in [2.75, 3.05) is 0 Å². The molecular weight excluding hydrogens is 470 g/mol. The largest absolute Gasteiger partial charge is 0.487 e. The molecule has 0 bridgehead atoms. The Labute approximate surface area is 147 Å². The first kappa shape index (κ1) is 16.5. The highest BCUT2D eigenvalue weighted by Crippen LogP contribution is 2.29. The Kier molecular flexibility index (Phi) is 5.78. The van der Waals surface area contributed by atoms with Gasteiger partial charge in [0, 0.05) is 15.9 Å². The average molecular weight is 480 g/mol. The molecule has 0 N–H and O–H groups in total. The normalized spacial score (nSPS) is 10.4. The highest BCUT2D eigenvalue weighted by Gasteiger charge is 2.15. The molecule has 0 saturated heterocycles. The molecule has 0 aliphatic heterocycles. The summed E-state index contributed by atoms with van der Waals surface area (Å²) in [6.45, 7) is 0.135. The molecule has 0 aliphatic carbocycles. The molecule has 0 heterocycles. The third kappa shape index (κ3) is 4.28. The van der Waals surface area contributed by atoms with E-state index in [2.05, 4.69) is 47.8 Å². The molecule has 7 heteroatoms. The lowest BCUT2D eigenvalue weighted by molar-refractivity contribution is -0.385. The van der Waals surface area contributed by atoms with Gasteiger partial charge >= 0.3 is 0 Å². The highest BCUT2D eigenvalue weighted by atomic mass is 79.9. The second kappa shape index (κ2) is 7.38. The van der Waals surface area contributed by atoms with Crippen molar-refractivity contribution in [1.29, 1.82) is 0 Å². The van der Waals surface area contributed by atoms with Gasteiger partial charge in [-0.3, -0.25) is 10.1 Å². The van der Waals surface area contributed by atoms with Gasteiger partial charge in [-0.1, -0.05) is 37.9 Å². The van der Waals surface area contributed by atoms with Crippen molar-refractivity contribution in [2.24, 2.45) is 0 Å². The molecule has 0 aliphatic rings. The molecule has 4 nitrogen and oxygen atoms in total. The fourth-order valence-electron chi connectivity index (χ4n) is 1.73. The van der Waals surface area contributed by atoms with Crippen LogP contribution in [0.4, 0.5) is 5.69 Å². The average Bonchev–Trinajstić information content (AvgIpc) is 2.46. The molecule has 0 fully saturated rings. The lowest BCUT2D eigenvalue weighted by atomic mass is 10.2. The Morgan fingerprint density at radius 1 is 1.14 bits per heavy atom. The fourth-order valence-corrected chi connectivity index (χ4v) is 2.97. The number of hydrogen-bond acceptors (Lipinski definition) is 3. The summed E-state index contributed by atoms with van der Waals surface area (Å²) in [6, 6.07) is 10.6. The van der Waals surface area contributed by atoms with Crippen LogP contribution in [0.15, 0.2) is 45.3 Å². The monoisotopic (exact) mass is 477 g/mol. The minimum Gasteiger partial charge on any atom is -0.487 e. The first-order chi connectivity index (χ1) is 10.0. The number of halogens is 3. The highest BCUT2D eigenvalue weighted by molar-refractivity contribution is 9.11. The third-order valence-corrected chi connectivity index (χ3v) is 4.54. The quantitative estimate of drug-likeness (QED) is 0.319. The lowest BCUT2D eigenvalue weighted by Gasteiger charge is -2.10. The Bertz CT molecular complexity index is 677. The van der Waals surface area contributed by atoms with Gasteiger partial charge in [0.2, 0.25) is 0 Å². The third-order valence-electron chi connectivity index (χ3n) is 2.78. The van der Waals surface area contributed by atoms with Gasteiger partial charge < -0.3 is 4.74 Å². The van der Waals surface area contributed by atoms with Crippen molar-refractivity contribution in [3.05, 3.63) is 66.6 Å². The van der Waals surface area contributed by atoms with Gasteiger partial charge in [-0.05, 0) is 45.8 Å². The van der Waals surface area contributed by atoms with Crippen LogP contribution in [0, 0.1) is 10.1 Å². The maximum Gasteiger partial charge on any atom is 0.277 e. The van der Waals surface area contributed by atoms with E-state index in [-0.39, 0.29) is 12.3 Å². The van der Waals surface area contributed by atoms with Crippen LogP contribution in [0.5, 0.6) is 5.75 Å². The van der Waals surface area contributed by atoms with Crippen molar-refractivity contribution in [1.82, 2.24) is 0 Å².